The number of halogens is 1. The van der Waals surface area contributed by atoms with Crippen LogP contribution in [0.1, 0.15) is 5.56 Å². The van der Waals surface area contributed by atoms with Gasteiger partial charge in [-0.25, -0.2) is 0 Å². The fraction of sp³-hybridized carbons (Fsp3) is 0.438. The molecule has 0 unspecified atom stereocenters. The second kappa shape index (κ2) is 8.23. The molecule has 2 aromatic rings. The first-order valence-electron chi connectivity index (χ1n) is 7.98. The van der Waals surface area contributed by atoms with Gasteiger partial charge in [0, 0.05) is 36.9 Å². The normalized spacial score (nSPS) is 15.2. The molecule has 1 aromatic carbocycles. The third-order valence-corrected chi connectivity index (χ3v) is 4.31. The van der Waals surface area contributed by atoms with Crippen molar-refractivity contribution in [3.8, 4) is 0 Å². The lowest BCUT2D eigenvalue weighted by Gasteiger charge is -2.26. The summed E-state index contributed by atoms with van der Waals surface area (Å²) >= 11 is 6.14. The van der Waals surface area contributed by atoms with Crippen LogP contribution < -0.4 is 10.6 Å². The number of hydrogen-bond acceptors (Lipinski definition) is 7. The summed E-state index contributed by atoms with van der Waals surface area (Å²) in [5.41, 5.74) is 1.88. The van der Waals surface area contributed by atoms with Gasteiger partial charge in [-0.05, 0) is 24.6 Å². The molecule has 1 aliphatic heterocycles. The van der Waals surface area contributed by atoms with Crippen molar-refractivity contribution in [2.24, 2.45) is 0 Å². The average Bonchev–Trinajstić information content (AvgIpc) is 2.60. The Morgan fingerprint density at radius 3 is 2.96 bits per heavy atom. The van der Waals surface area contributed by atoms with Gasteiger partial charge in [0.15, 0.2) is 5.82 Å². The maximum absolute atomic E-state index is 6.14. The number of hydrogen-bond donors (Lipinski definition) is 2. The van der Waals surface area contributed by atoms with Crippen LogP contribution >= 0.6 is 11.6 Å². The fourth-order valence-electron chi connectivity index (χ4n) is 2.47. The number of morpholine rings is 1. The molecule has 7 nitrogen and oxygen atoms in total. The van der Waals surface area contributed by atoms with Crippen molar-refractivity contribution >= 4 is 29.1 Å². The predicted octanol–water partition coefficient (Wildman–Crippen LogP) is 2.32. The van der Waals surface area contributed by atoms with Gasteiger partial charge in [-0.2, -0.15) is 10.1 Å². The summed E-state index contributed by atoms with van der Waals surface area (Å²) in [5, 5.41) is 15.2. The van der Waals surface area contributed by atoms with Crippen molar-refractivity contribution in [1.29, 1.82) is 0 Å². The lowest BCUT2D eigenvalue weighted by molar-refractivity contribution is 0.0398. The number of nitrogens with zero attached hydrogens (tertiary/aromatic N) is 4. The van der Waals surface area contributed by atoms with Gasteiger partial charge < -0.3 is 15.4 Å². The van der Waals surface area contributed by atoms with E-state index in [-0.39, 0.29) is 0 Å². The highest BCUT2D eigenvalue weighted by atomic mass is 35.5. The highest BCUT2D eigenvalue weighted by molar-refractivity contribution is 6.31. The quantitative estimate of drug-likeness (QED) is 0.829. The van der Waals surface area contributed by atoms with E-state index in [0.717, 1.165) is 50.6 Å². The van der Waals surface area contributed by atoms with Gasteiger partial charge in [0.1, 0.15) is 0 Å². The zero-order chi connectivity index (χ0) is 16.8. The summed E-state index contributed by atoms with van der Waals surface area (Å²) in [4.78, 5) is 6.79. The third-order valence-electron chi connectivity index (χ3n) is 3.90. The molecule has 1 saturated heterocycles. The predicted molar refractivity (Wildman–Crippen MR) is 95.0 cm³/mol. The SMILES string of the molecule is Cc1c(Cl)cccc1Nc1cnnc(NCCN2CCOCC2)n1. The maximum Gasteiger partial charge on any atom is 0.244 e. The van der Waals surface area contributed by atoms with Crippen LogP contribution in [-0.2, 0) is 4.74 Å². The van der Waals surface area contributed by atoms with Gasteiger partial charge in [-0.15, -0.1) is 5.10 Å². The Morgan fingerprint density at radius 1 is 1.29 bits per heavy atom. The second-order valence-electron chi connectivity index (χ2n) is 5.58. The van der Waals surface area contributed by atoms with Crippen LogP contribution in [0.15, 0.2) is 24.4 Å². The molecule has 128 valence electrons. The van der Waals surface area contributed by atoms with Crippen molar-refractivity contribution in [3.05, 3.63) is 35.0 Å². The Labute approximate surface area is 146 Å². The Hall–Kier alpha value is -1.96. The molecule has 0 amide bonds. The molecule has 1 aromatic heterocycles. The molecule has 0 radical (unpaired) electrons. The van der Waals surface area contributed by atoms with Crippen molar-refractivity contribution in [1.82, 2.24) is 20.1 Å². The molecule has 1 fully saturated rings. The van der Waals surface area contributed by atoms with Gasteiger partial charge in [-0.3, -0.25) is 4.90 Å². The first kappa shape index (κ1) is 16.9. The molecule has 0 spiro atoms. The fourth-order valence-corrected chi connectivity index (χ4v) is 2.64. The molecule has 2 heterocycles. The second-order valence-corrected chi connectivity index (χ2v) is 5.99. The van der Waals surface area contributed by atoms with E-state index in [2.05, 4.69) is 30.7 Å². The number of anilines is 3. The Bertz CT molecular complexity index is 677. The minimum atomic E-state index is 0.507. The van der Waals surface area contributed by atoms with Crippen LogP contribution in [0.4, 0.5) is 17.5 Å². The van der Waals surface area contributed by atoms with Crippen LogP contribution in [0.25, 0.3) is 0 Å². The van der Waals surface area contributed by atoms with Gasteiger partial charge in [0.25, 0.3) is 0 Å². The van der Waals surface area contributed by atoms with E-state index < -0.39 is 0 Å². The van der Waals surface area contributed by atoms with E-state index in [9.17, 15) is 0 Å². The summed E-state index contributed by atoms with van der Waals surface area (Å²) in [6.45, 7) is 7.19. The Morgan fingerprint density at radius 2 is 2.12 bits per heavy atom. The van der Waals surface area contributed by atoms with Crippen LogP contribution in [0.3, 0.4) is 0 Å². The van der Waals surface area contributed by atoms with E-state index in [1.807, 2.05) is 25.1 Å². The van der Waals surface area contributed by atoms with Crippen molar-refractivity contribution in [2.75, 3.05) is 50.0 Å². The van der Waals surface area contributed by atoms with Crippen LogP contribution in [0.2, 0.25) is 5.02 Å². The smallest absolute Gasteiger partial charge is 0.244 e. The molecule has 3 rings (SSSR count). The molecular weight excluding hydrogens is 328 g/mol. The van der Waals surface area contributed by atoms with Gasteiger partial charge >= 0.3 is 0 Å². The minimum absolute atomic E-state index is 0.507. The number of rotatable bonds is 6. The summed E-state index contributed by atoms with van der Waals surface area (Å²) in [5.74, 6) is 1.14. The van der Waals surface area contributed by atoms with Crippen LogP contribution in [-0.4, -0.2) is 59.5 Å². The zero-order valence-electron chi connectivity index (χ0n) is 13.6. The first-order chi connectivity index (χ1) is 11.7. The van der Waals surface area contributed by atoms with Gasteiger partial charge in [0.2, 0.25) is 5.95 Å². The summed E-state index contributed by atoms with van der Waals surface area (Å²) < 4.78 is 5.34. The van der Waals surface area contributed by atoms with Crippen molar-refractivity contribution < 1.29 is 4.74 Å². The highest BCUT2D eigenvalue weighted by Gasteiger charge is 2.10. The van der Waals surface area contributed by atoms with Crippen LogP contribution in [0.5, 0.6) is 0 Å². The van der Waals surface area contributed by atoms with E-state index >= 15 is 0 Å². The molecule has 24 heavy (non-hydrogen) atoms. The monoisotopic (exact) mass is 348 g/mol. The number of nitrogens with one attached hydrogen (secondary N) is 2. The van der Waals surface area contributed by atoms with E-state index in [1.165, 1.54) is 0 Å². The number of ether oxygens (including phenoxy) is 1. The Kier molecular flexibility index (Phi) is 5.79. The summed E-state index contributed by atoms with van der Waals surface area (Å²) in [7, 11) is 0. The van der Waals surface area contributed by atoms with Crippen molar-refractivity contribution in [3.63, 3.8) is 0 Å². The molecule has 0 saturated carbocycles. The molecule has 1 aliphatic rings. The largest absolute Gasteiger partial charge is 0.379 e. The highest BCUT2D eigenvalue weighted by Crippen LogP contribution is 2.25. The zero-order valence-corrected chi connectivity index (χ0v) is 14.4. The number of aromatic nitrogens is 3. The van der Waals surface area contributed by atoms with Gasteiger partial charge in [0.05, 0.1) is 19.4 Å². The van der Waals surface area contributed by atoms with E-state index in [1.54, 1.807) is 6.20 Å². The summed E-state index contributed by atoms with van der Waals surface area (Å²) in [6, 6.07) is 5.71. The van der Waals surface area contributed by atoms with Gasteiger partial charge in [-0.1, -0.05) is 17.7 Å². The first-order valence-corrected chi connectivity index (χ1v) is 8.36. The van der Waals surface area contributed by atoms with E-state index in [4.69, 9.17) is 16.3 Å². The number of benzene rings is 1. The third kappa shape index (κ3) is 4.53. The molecule has 8 heteroatoms. The molecular formula is C16H21ClN6O. The topological polar surface area (TPSA) is 75.2 Å². The molecule has 0 aliphatic carbocycles. The molecule has 0 atom stereocenters. The summed E-state index contributed by atoms with van der Waals surface area (Å²) in [6.07, 6.45) is 1.59. The standard InChI is InChI=1S/C16H21ClN6O/c1-12-13(17)3-2-4-14(12)20-15-11-19-22-16(21-15)18-5-6-23-7-9-24-10-8-23/h2-4,11H,5-10H2,1H3,(H2,18,20,21,22). The minimum Gasteiger partial charge on any atom is -0.379 e. The maximum atomic E-state index is 6.14. The average molecular weight is 349 g/mol. The van der Waals surface area contributed by atoms with Crippen molar-refractivity contribution in [2.45, 2.75) is 6.92 Å². The molecule has 0 bridgehead atoms. The molecule has 2 N–H and O–H groups in total. The van der Waals surface area contributed by atoms with Crippen LogP contribution in [0, 0.1) is 6.92 Å². The lowest BCUT2D eigenvalue weighted by atomic mass is 10.2. The lowest BCUT2D eigenvalue weighted by Crippen LogP contribution is -2.39. The Balaban J connectivity index is 1.56. The van der Waals surface area contributed by atoms with E-state index in [0.29, 0.717) is 16.8 Å².